The van der Waals surface area contributed by atoms with Crippen molar-refractivity contribution in [3.05, 3.63) is 0 Å². The van der Waals surface area contributed by atoms with E-state index >= 15 is 0 Å². The van der Waals surface area contributed by atoms with Gasteiger partial charge in [0.2, 0.25) is 5.79 Å². The molecule has 1 heterocycles. The minimum atomic E-state index is -0.844. The lowest BCUT2D eigenvalue weighted by atomic mass is 10.2. The molecule has 1 fully saturated rings. The molecule has 3 heteroatoms. The quantitative estimate of drug-likeness (QED) is 0.521. The van der Waals surface area contributed by atoms with Gasteiger partial charge in [0.25, 0.3) is 0 Å². The minimum absolute atomic E-state index is 0.0949. The maximum absolute atomic E-state index is 9.30. The number of rotatable bonds is 2. The molecule has 2 atom stereocenters. The van der Waals surface area contributed by atoms with E-state index in [0.717, 1.165) is 0 Å². The van der Waals surface area contributed by atoms with E-state index in [0.29, 0.717) is 6.61 Å². The summed E-state index contributed by atoms with van der Waals surface area (Å²) in [7, 11) is 3.84. The molecule has 0 bridgehead atoms. The predicted octanol–water partition coefficient (Wildman–Crippen LogP) is -0.345. The van der Waals surface area contributed by atoms with Gasteiger partial charge in [-0.3, -0.25) is 0 Å². The molecular formula is C6H13NO2. The lowest BCUT2D eigenvalue weighted by Gasteiger charge is -2.21. The Morgan fingerprint density at radius 3 is 2.22 bits per heavy atom. The third kappa shape index (κ3) is 1.23. The number of epoxide rings is 1. The summed E-state index contributed by atoms with van der Waals surface area (Å²) in [6.45, 7) is 2.42. The first-order valence-corrected chi connectivity index (χ1v) is 3.09. The molecule has 0 aromatic carbocycles. The van der Waals surface area contributed by atoms with Gasteiger partial charge in [-0.05, 0) is 21.0 Å². The van der Waals surface area contributed by atoms with Crippen LogP contribution in [0.3, 0.4) is 0 Å². The Kier molecular flexibility index (Phi) is 1.50. The van der Waals surface area contributed by atoms with Crippen LogP contribution in [0.15, 0.2) is 0 Å². The van der Waals surface area contributed by atoms with Crippen molar-refractivity contribution in [1.29, 1.82) is 0 Å². The van der Waals surface area contributed by atoms with Crippen LogP contribution < -0.4 is 0 Å². The summed E-state index contributed by atoms with van der Waals surface area (Å²) in [5, 5.41) is 9.30. The second-order valence-electron chi connectivity index (χ2n) is 2.77. The van der Waals surface area contributed by atoms with Gasteiger partial charge in [-0.2, -0.15) is 0 Å². The molecule has 0 aromatic heterocycles. The van der Waals surface area contributed by atoms with E-state index in [1.165, 1.54) is 0 Å². The summed E-state index contributed by atoms with van der Waals surface area (Å²) in [6.07, 6.45) is 0. The second-order valence-corrected chi connectivity index (χ2v) is 2.77. The topological polar surface area (TPSA) is 36.0 Å². The fraction of sp³-hybridized carbons (Fsp3) is 1.00. The van der Waals surface area contributed by atoms with Crippen molar-refractivity contribution in [2.45, 2.75) is 18.8 Å². The summed E-state index contributed by atoms with van der Waals surface area (Å²) < 4.78 is 4.83. The first kappa shape index (κ1) is 6.99. The molecule has 1 N–H and O–H groups in total. The van der Waals surface area contributed by atoms with Crippen LogP contribution in [0.1, 0.15) is 6.92 Å². The smallest absolute Gasteiger partial charge is 0.205 e. The van der Waals surface area contributed by atoms with E-state index in [1.807, 2.05) is 25.9 Å². The van der Waals surface area contributed by atoms with Gasteiger partial charge in [0.05, 0.1) is 6.04 Å². The molecule has 1 aliphatic heterocycles. The number of aliphatic hydroxyl groups is 1. The van der Waals surface area contributed by atoms with E-state index in [-0.39, 0.29) is 6.04 Å². The third-order valence-corrected chi connectivity index (χ3v) is 1.87. The highest BCUT2D eigenvalue weighted by Crippen LogP contribution is 2.28. The highest BCUT2D eigenvalue weighted by atomic mass is 16.7. The lowest BCUT2D eigenvalue weighted by Crippen LogP contribution is -2.39. The minimum Gasteiger partial charge on any atom is -0.362 e. The van der Waals surface area contributed by atoms with E-state index in [4.69, 9.17) is 4.74 Å². The molecule has 0 spiro atoms. The molecule has 9 heavy (non-hydrogen) atoms. The highest BCUT2D eigenvalue weighted by Gasteiger charge is 2.48. The van der Waals surface area contributed by atoms with Gasteiger partial charge in [0.1, 0.15) is 6.61 Å². The molecule has 3 nitrogen and oxygen atoms in total. The standard InChI is InChI=1S/C6H13NO2/c1-5(7(2)3)6(8)4-9-6/h5,8H,4H2,1-3H3. The van der Waals surface area contributed by atoms with Gasteiger partial charge in [-0.1, -0.05) is 0 Å². The van der Waals surface area contributed by atoms with Gasteiger partial charge >= 0.3 is 0 Å². The Balaban J connectivity index is 2.42. The molecule has 0 saturated carbocycles. The number of nitrogens with zero attached hydrogens (tertiary/aromatic N) is 1. The van der Waals surface area contributed by atoms with Crippen LogP contribution in [-0.4, -0.2) is 42.5 Å². The summed E-state index contributed by atoms with van der Waals surface area (Å²) in [6, 6.07) is 0.0949. The molecule has 1 aliphatic rings. The fourth-order valence-electron chi connectivity index (χ4n) is 0.719. The lowest BCUT2D eigenvalue weighted by molar-refractivity contribution is -0.0241. The summed E-state index contributed by atoms with van der Waals surface area (Å²) in [5.74, 6) is -0.844. The van der Waals surface area contributed by atoms with E-state index in [9.17, 15) is 5.11 Å². The van der Waals surface area contributed by atoms with Gasteiger partial charge in [-0.15, -0.1) is 0 Å². The van der Waals surface area contributed by atoms with Crippen molar-refractivity contribution in [2.24, 2.45) is 0 Å². The monoisotopic (exact) mass is 131 g/mol. The predicted molar refractivity (Wildman–Crippen MR) is 34.1 cm³/mol. The molecule has 1 rings (SSSR count). The van der Waals surface area contributed by atoms with Crippen molar-refractivity contribution in [3.8, 4) is 0 Å². The van der Waals surface area contributed by atoms with Gasteiger partial charge in [0.15, 0.2) is 0 Å². The average Bonchev–Trinajstić information content (AvgIpc) is 2.47. The Bertz CT molecular complexity index is 110. The van der Waals surface area contributed by atoms with Gasteiger partial charge in [0, 0.05) is 0 Å². The first-order valence-electron chi connectivity index (χ1n) is 3.09. The second kappa shape index (κ2) is 1.94. The number of ether oxygens (including phenoxy) is 1. The molecule has 0 aromatic rings. The maximum atomic E-state index is 9.30. The van der Waals surface area contributed by atoms with Crippen molar-refractivity contribution >= 4 is 0 Å². The summed E-state index contributed by atoms with van der Waals surface area (Å²) >= 11 is 0. The largest absolute Gasteiger partial charge is 0.362 e. The van der Waals surface area contributed by atoms with Gasteiger partial charge in [-0.25, -0.2) is 0 Å². The zero-order valence-electron chi connectivity index (χ0n) is 6.09. The van der Waals surface area contributed by atoms with E-state index in [1.54, 1.807) is 0 Å². The SMILES string of the molecule is CC(N(C)C)C1(O)CO1. The Morgan fingerprint density at radius 1 is 1.67 bits per heavy atom. The van der Waals surface area contributed by atoms with Crippen LogP contribution >= 0.6 is 0 Å². The normalized spacial score (nSPS) is 37.0. The molecule has 1 saturated heterocycles. The molecule has 0 radical (unpaired) electrons. The average molecular weight is 131 g/mol. The van der Waals surface area contributed by atoms with E-state index < -0.39 is 5.79 Å². The Morgan fingerprint density at radius 2 is 2.11 bits per heavy atom. The van der Waals surface area contributed by atoms with Crippen molar-refractivity contribution in [3.63, 3.8) is 0 Å². The van der Waals surface area contributed by atoms with Crippen LogP contribution in [0.4, 0.5) is 0 Å². The zero-order chi connectivity index (χ0) is 7.07. The number of hydrogen-bond donors (Lipinski definition) is 1. The van der Waals surface area contributed by atoms with Crippen LogP contribution in [0.25, 0.3) is 0 Å². The van der Waals surface area contributed by atoms with E-state index in [2.05, 4.69) is 0 Å². The molecular weight excluding hydrogens is 118 g/mol. The summed E-state index contributed by atoms with van der Waals surface area (Å²) in [4.78, 5) is 1.94. The number of hydrogen-bond acceptors (Lipinski definition) is 3. The first-order chi connectivity index (χ1) is 4.06. The molecule has 0 amide bonds. The van der Waals surface area contributed by atoms with Crippen molar-refractivity contribution < 1.29 is 9.84 Å². The third-order valence-electron chi connectivity index (χ3n) is 1.87. The maximum Gasteiger partial charge on any atom is 0.205 e. The highest BCUT2D eigenvalue weighted by molar-refractivity contribution is 4.89. The van der Waals surface area contributed by atoms with Crippen LogP contribution in [-0.2, 0) is 4.74 Å². The number of likely N-dealkylation sites (N-methyl/N-ethyl adjacent to an activating group) is 1. The van der Waals surface area contributed by atoms with Crippen LogP contribution in [0.5, 0.6) is 0 Å². The Labute approximate surface area is 55.2 Å². The molecule has 0 aliphatic carbocycles. The van der Waals surface area contributed by atoms with Crippen LogP contribution in [0.2, 0.25) is 0 Å². The van der Waals surface area contributed by atoms with Gasteiger partial charge < -0.3 is 14.7 Å². The summed E-state index contributed by atoms with van der Waals surface area (Å²) in [5.41, 5.74) is 0. The van der Waals surface area contributed by atoms with Crippen molar-refractivity contribution in [1.82, 2.24) is 4.90 Å². The molecule has 54 valence electrons. The zero-order valence-corrected chi connectivity index (χ0v) is 6.09. The van der Waals surface area contributed by atoms with Crippen LogP contribution in [0, 0.1) is 0 Å². The Hall–Kier alpha value is -0.120. The molecule has 2 unspecified atom stereocenters. The fourth-order valence-corrected chi connectivity index (χ4v) is 0.719. The van der Waals surface area contributed by atoms with Crippen molar-refractivity contribution in [2.75, 3.05) is 20.7 Å².